The first-order valence-electron chi connectivity index (χ1n) is 11.9. The van der Waals surface area contributed by atoms with Crippen LogP contribution in [0.25, 0.3) is 0 Å². The molecule has 0 bridgehead atoms. The monoisotopic (exact) mass is 467 g/mol. The van der Waals surface area contributed by atoms with Gasteiger partial charge in [0.2, 0.25) is 11.8 Å². The number of anilines is 2. The molecule has 0 radical (unpaired) electrons. The molecule has 2 amide bonds. The molecular weight excluding hydrogens is 438 g/mol. The van der Waals surface area contributed by atoms with Crippen molar-refractivity contribution in [2.75, 3.05) is 22.9 Å². The zero-order valence-corrected chi connectivity index (χ0v) is 20.6. The van der Waals surface area contributed by atoms with Crippen LogP contribution in [0.4, 0.5) is 11.4 Å². The van der Waals surface area contributed by atoms with E-state index in [0.717, 1.165) is 18.1 Å². The molecule has 1 aromatic heterocycles. The third-order valence-corrected chi connectivity index (χ3v) is 7.37. The lowest BCUT2D eigenvalue weighted by Crippen LogP contribution is -2.39. The van der Waals surface area contributed by atoms with Gasteiger partial charge in [0, 0.05) is 55.2 Å². The lowest BCUT2D eigenvalue weighted by molar-refractivity contribution is -0.124. The van der Waals surface area contributed by atoms with E-state index in [4.69, 9.17) is 0 Å². The Morgan fingerprint density at radius 1 is 1.23 bits per heavy atom. The second-order valence-corrected chi connectivity index (χ2v) is 10.2. The molecule has 3 aromatic rings. The summed E-state index contributed by atoms with van der Waals surface area (Å²) in [5.41, 5.74) is 5.53. The predicted molar refractivity (Wildman–Crippen MR) is 134 cm³/mol. The van der Waals surface area contributed by atoms with E-state index in [0.29, 0.717) is 24.3 Å². The Labute approximate surface area is 205 Å². The molecule has 0 spiro atoms. The quantitative estimate of drug-likeness (QED) is 0.579. The highest BCUT2D eigenvalue weighted by molar-refractivity contribution is 6.05. The zero-order valence-electron chi connectivity index (χ0n) is 20.6. The first-order valence-corrected chi connectivity index (χ1v) is 11.9. The summed E-state index contributed by atoms with van der Waals surface area (Å²) >= 11 is 0. The van der Waals surface area contributed by atoms with E-state index in [2.05, 4.69) is 48.5 Å². The van der Waals surface area contributed by atoms with E-state index in [1.54, 1.807) is 23.1 Å². The van der Waals surface area contributed by atoms with Crippen molar-refractivity contribution < 1.29 is 9.59 Å². The molecule has 1 atom stereocenters. The van der Waals surface area contributed by atoms with Crippen molar-refractivity contribution in [1.82, 2.24) is 9.55 Å². The molecule has 1 unspecified atom stereocenters. The van der Waals surface area contributed by atoms with Gasteiger partial charge >= 0.3 is 0 Å². The molecule has 0 saturated carbocycles. The first-order chi connectivity index (χ1) is 16.7. The van der Waals surface area contributed by atoms with E-state index in [1.165, 1.54) is 16.7 Å². The number of hydrogen-bond acceptors (Lipinski definition) is 4. The van der Waals surface area contributed by atoms with Gasteiger partial charge in [0.05, 0.1) is 17.6 Å². The summed E-state index contributed by atoms with van der Waals surface area (Å²) in [5.74, 6) is 0.460. The molecule has 2 aliphatic rings. The Kier molecular flexibility index (Phi) is 5.47. The van der Waals surface area contributed by atoms with Gasteiger partial charge in [-0.15, -0.1) is 0 Å². The Morgan fingerprint density at radius 3 is 2.74 bits per heavy atom. The lowest BCUT2D eigenvalue weighted by atomic mass is 9.82. The van der Waals surface area contributed by atoms with Gasteiger partial charge in [-0.3, -0.25) is 9.59 Å². The first kappa shape index (κ1) is 22.9. The highest BCUT2D eigenvalue weighted by Gasteiger charge is 2.44. The fourth-order valence-electron chi connectivity index (χ4n) is 5.59. The number of carbonyl (C=O) groups is 2. The molecule has 0 N–H and O–H groups in total. The standard InChI is InChI=1S/C28H29N5O2/c1-18-21(15-31-11-10-30-19(31)2)8-9-24-26(18)28(3,4)17-33(24)27(35)22-13-25(34)32(16-22)23-7-5-6-20(12-23)14-29/h5-12,22H,13,15-17H2,1-4H3. The van der Waals surface area contributed by atoms with Crippen molar-refractivity contribution in [3.8, 4) is 6.07 Å². The second-order valence-electron chi connectivity index (χ2n) is 10.2. The number of nitrogens with zero attached hydrogens (tertiary/aromatic N) is 5. The number of nitriles is 1. The van der Waals surface area contributed by atoms with E-state index in [-0.39, 0.29) is 23.7 Å². The Bertz CT molecular complexity index is 1380. The summed E-state index contributed by atoms with van der Waals surface area (Å²) in [6.45, 7) is 10.1. The normalized spacial score (nSPS) is 18.6. The molecular formula is C28H29N5O2. The van der Waals surface area contributed by atoms with Crippen LogP contribution in [0.2, 0.25) is 0 Å². The minimum absolute atomic E-state index is 0.0123. The van der Waals surface area contributed by atoms with Crippen LogP contribution in [0.5, 0.6) is 0 Å². The van der Waals surface area contributed by atoms with Crippen molar-refractivity contribution in [3.05, 3.63) is 76.9 Å². The van der Waals surface area contributed by atoms with E-state index < -0.39 is 5.92 Å². The van der Waals surface area contributed by atoms with E-state index >= 15 is 0 Å². The van der Waals surface area contributed by atoms with Gasteiger partial charge in [0.15, 0.2) is 0 Å². The van der Waals surface area contributed by atoms with Crippen molar-refractivity contribution in [2.45, 2.75) is 46.1 Å². The van der Waals surface area contributed by atoms with Gasteiger partial charge in [-0.25, -0.2) is 4.98 Å². The van der Waals surface area contributed by atoms with Crippen LogP contribution in [0.1, 0.15) is 48.3 Å². The van der Waals surface area contributed by atoms with Crippen molar-refractivity contribution in [3.63, 3.8) is 0 Å². The number of aryl methyl sites for hydroxylation is 1. The van der Waals surface area contributed by atoms with Crippen LogP contribution in [0, 0.1) is 31.1 Å². The molecule has 5 rings (SSSR count). The molecule has 2 aromatic carbocycles. The number of imidazole rings is 1. The van der Waals surface area contributed by atoms with Gasteiger partial charge in [0.1, 0.15) is 5.82 Å². The molecule has 1 fully saturated rings. The van der Waals surface area contributed by atoms with Crippen LogP contribution in [0.15, 0.2) is 48.8 Å². The topological polar surface area (TPSA) is 82.2 Å². The summed E-state index contributed by atoms with van der Waals surface area (Å²) in [6, 6.07) is 13.3. The fraction of sp³-hybridized carbons (Fsp3) is 0.357. The van der Waals surface area contributed by atoms with E-state index in [1.807, 2.05) is 30.3 Å². The van der Waals surface area contributed by atoms with E-state index in [9.17, 15) is 14.9 Å². The number of amides is 2. The molecule has 7 nitrogen and oxygen atoms in total. The molecule has 35 heavy (non-hydrogen) atoms. The summed E-state index contributed by atoms with van der Waals surface area (Å²) in [4.78, 5) is 34.4. The van der Waals surface area contributed by atoms with Crippen LogP contribution in [-0.4, -0.2) is 34.5 Å². The number of benzene rings is 2. The zero-order chi connectivity index (χ0) is 24.9. The Hall–Kier alpha value is -3.92. The van der Waals surface area contributed by atoms with Gasteiger partial charge in [0.25, 0.3) is 0 Å². The maximum absolute atomic E-state index is 13.7. The Balaban J connectivity index is 1.41. The van der Waals surface area contributed by atoms with Crippen molar-refractivity contribution >= 4 is 23.2 Å². The molecule has 1 saturated heterocycles. The SMILES string of the molecule is Cc1c(Cn2ccnc2C)ccc2c1C(C)(C)CN2C(=O)C1CC(=O)N(c2cccc(C#N)c2)C1. The lowest BCUT2D eigenvalue weighted by Gasteiger charge is -2.24. The predicted octanol–water partition coefficient (Wildman–Crippen LogP) is 4.10. The minimum atomic E-state index is -0.413. The summed E-state index contributed by atoms with van der Waals surface area (Å²) < 4.78 is 2.12. The van der Waals surface area contributed by atoms with Gasteiger partial charge in [-0.2, -0.15) is 5.26 Å². The molecule has 2 aliphatic heterocycles. The summed E-state index contributed by atoms with van der Waals surface area (Å²) in [7, 11) is 0. The average Bonchev–Trinajstić information content (AvgIpc) is 3.50. The molecule has 7 heteroatoms. The molecule has 178 valence electrons. The fourth-order valence-corrected chi connectivity index (χ4v) is 5.59. The van der Waals surface area contributed by atoms with Crippen LogP contribution in [-0.2, 0) is 21.5 Å². The van der Waals surface area contributed by atoms with Crippen molar-refractivity contribution in [2.24, 2.45) is 5.92 Å². The smallest absolute Gasteiger partial charge is 0.232 e. The van der Waals surface area contributed by atoms with Crippen LogP contribution in [0.3, 0.4) is 0 Å². The maximum atomic E-state index is 13.7. The third-order valence-electron chi connectivity index (χ3n) is 7.37. The largest absolute Gasteiger partial charge is 0.331 e. The number of carbonyl (C=O) groups excluding carboxylic acids is 2. The highest BCUT2D eigenvalue weighted by atomic mass is 16.2. The number of fused-ring (bicyclic) bond motifs is 1. The summed E-state index contributed by atoms with van der Waals surface area (Å²) in [6.07, 6.45) is 3.97. The molecule has 0 aliphatic carbocycles. The number of hydrogen-bond donors (Lipinski definition) is 0. The van der Waals surface area contributed by atoms with Gasteiger partial charge in [-0.05, 0) is 54.8 Å². The average molecular weight is 468 g/mol. The maximum Gasteiger partial charge on any atom is 0.232 e. The highest BCUT2D eigenvalue weighted by Crippen LogP contribution is 2.44. The third kappa shape index (κ3) is 3.89. The van der Waals surface area contributed by atoms with Crippen molar-refractivity contribution in [1.29, 1.82) is 5.26 Å². The minimum Gasteiger partial charge on any atom is -0.331 e. The summed E-state index contributed by atoms with van der Waals surface area (Å²) in [5, 5.41) is 9.20. The van der Waals surface area contributed by atoms with Crippen LogP contribution >= 0.6 is 0 Å². The second kappa shape index (κ2) is 8.38. The van der Waals surface area contributed by atoms with Gasteiger partial charge in [-0.1, -0.05) is 26.0 Å². The molecule has 3 heterocycles. The number of rotatable bonds is 4. The number of aromatic nitrogens is 2. The Morgan fingerprint density at radius 2 is 2.03 bits per heavy atom. The van der Waals surface area contributed by atoms with Crippen LogP contribution < -0.4 is 9.80 Å². The van der Waals surface area contributed by atoms with Gasteiger partial charge < -0.3 is 14.4 Å².